The summed E-state index contributed by atoms with van der Waals surface area (Å²) in [5.74, 6) is -0.883. The highest BCUT2D eigenvalue weighted by Crippen LogP contribution is 2.36. The number of aromatic nitrogens is 1. The molecule has 1 atom stereocenters. The average molecular weight is 381 g/mol. The van der Waals surface area contributed by atoms with Crippen molar-refractivity contribution in [3.05, 3.63) is 100 Å². The van der Waals surface area contributed by atoms with Crippen LogP contribution >= 0.6 is 0 Å². The molecule has 0 aliphatic carbocycles. The molecule has 2 heterocycles. The number of esters is 1. The summed E-state index contributed by atoms with van der Waals surface area (Å²) in [6, 6.07) is 16.3. The van der Waals surface area contributed by atoms with E-state index in [1.165, 1.54) is 30.5 Å². The Morgan fingerprint density at radius 1 is 1.18 bits per heavy atom. The third-order valence-corrected chi connectivity index (χ3v) is 4.29. The lowest BCUT2D eigenvalue weighted by molar-refractivity contribution is -0.608. The van der Waals surface area contributed by atoms with E-state index < -0.39 is 18.1 Å². The van der Waals surface area contributed by atoms with Crippen LogP contribution < -0.4 is 9.47 Å². The molecule has 0 fully saturated rings. The maximum absolute atomic E-state index is 14.0. The van der Waals surface area contributed by atoms with Crippen molar-refractivity contribution in [2.24, 2.45) is 0 Å². The van der Waals surface area contributed by atoms with E-state index in [2.05, 4.69) is 0 Å². The zero-order chi connectivity index (χ0) is 19.5. The summed E-state index contributed by atoms with van der Waals surface area (Å²) >= 11 is 0. The van der Waals surface area contributed by atoms with Crippen molar-refractivity contribution in [1.82, 2.24) is 0 Å². The van der Waals surface area contributed by atoms with E-state index in [1.807, 2.05) is 30.3 Å². The Balaban J connectivity index is 1.56. The third-order valence-electron chi connectivity index (χ3n) is 4.29. The molecular weight excluding hydrogens is 365 g/mol. The predicted octanol–water partition coefficient (Wildman–Crippen LogP) is 3.42. The smallest absolute Gasteiger partial charge is 0.405 e. The fourth-order valence-electron chi connectivity index (χ4n) is 2.96. The van der Waals surface area contributed by atoms with Gasteiger partial charge in [0.2, 0.25) is 6.29 Å². The second-order valence-corrected chi connectivity index (χ2v) is 6.21. The van der Waals surface area contributed by atoms with E-state index in [0.717, 1.165) is 5.56 Å². The molecule has 7 heteroatoms. The molecule has 1 aromatic heterocycles. The molecule has 3 aromatic rings. The van der Waals surface area contributed by atoms with Gasteiger partial charge in [-0.3, -0.25) is 0 Å². The number of carbonyl (C=O) groups is 1. The standard InChI is InChI=1S/C21H16FNO5/c22-17-10-15(12-26-20(24)18-8-4-5-9-23(18)25)19-16(11-17)13-27-21(28-19)14-6-2-1-3-7-14/h1-11,21H,12-13H2/t21-/m1/s1. The normalized spacial score (nSPS) is 15.4. The minimum absolute atomic E-state index is 0.154. The number of carbonyl (C=O) groups excluding carboxylic acids is 1. The molecule has 4 rings (SSSR count). The van der Waals surface area contributed by atoms with Gasteiger partial charge in [-0.25, -0.2) is 9.18 Å². The number of benzene rings is 2. The SMILES string of the molecule is O=C(OCc1cc(F)cc2c1O[C@H](c1ccccc1)OC2)c1cccc[n+]1[O-]. The lowest BCUT2D eigenvalue weighted by Gasteiger charge is -2.28. The molecule has 0 saturated heterocycles. The van der Waals surface area contributed by atoms with Crippen molar-refractivity contribution < 1.29 is 28.1 Å². The van der Waals surface area contributed by atoms with Gasteiger partial charge in [0.05, 0.1) is 6.61 Å². The van der Waals surface area contributed by atoms with E-state index in [1.54, 1.807) is 6.07 Å². The molecule has 0 amide bonds. The van der Waals surface area contributed by atoms with Gasteiger partial charge in [0.15, 0.2) is 6.20 Å². The molecule has 0 bridgehead atoms. The number of hydrogen-bond acceptors (Lipinski definition) is 5. The number of halogens is 1. The topological polar surface area (TPSA) is 71.7 Å². The first-order chi connectivity index (χ1) is 13.6. The van der Waals surface area contributed by atoms with Crippen molar-refractivity contribution in [3.8, 4) is 5.75 Å². The number of rotatable bonds is 4. The summed E-state index contributed by atoms with van der Waals surface area (Å²) in [7, 11) is 0. The van der Waals surface area contributed by atoms with E-state index in [9.17, 15) is 14.4 Å². The van der Waals surface area contributed by atoms with Crippen LogP contribution in [0.15, 0.2) is 66.9 Å². The molecule has 0 spiro atoms. The largest absolute Gasteiger partial charge is 0.618 e. The first-order valence-corrected chi connectivity index (χ1v) is 8.61. The fraction of sp³-hybridized carbons (Fsp3) is 0.143. The monoisotopic (exact) mass is 381 g/mol. The molecule has 6 nitrogen and oxygen atoms in total. The molecule has 0 saturated carbocycles. The van der Waals surface area contributed by atoms with Crippen LogP contribution in [0.25, 0.3) is 0 Å². The van der Waals surface area contributed by atoms with Crippen molar-refractivity contribution in [3.63, 3.8) is 0 Å². The van der Waals surface area contributed by atoms with E-state index >= 15 is 0 Å². The van der Waals surface area contributed by atoms with Gasteiger partial charge < -0.3 is 19.4 Å². The van der Waals surface area contributed by atoms with Crippen molar-refractivity contribution in [1.29, 1.82) is 0 Å². The van der Waals surface area contributed by atoms with Gasteiger partial charge in [0, 0.05) is 28.8 Å². The second-order valence-electron chi connectivity index (χ2n) is 6.21. The number of ether oxygens (including phenoxy) is 3. The Morgan fingerprint density at radius 3 is 2.75 bits per heavy atom. The summed E-state index contributed by atoms with van der Waals surface area (Å²) in [5, 5.41) is 11.7. The Kier molecular flexibility index (Phi) is 4.90. The van der Waals surface area contributed by atoms with Crippen LogP contribution in [0, 0.1) is 11.0 Å². The van der Waals surface area contributed by atoms with Crippen molar-refractivity contribution in [2.75, 3.05) is 0 Å². The van der Waals surface area contributed by atoms with Crippen LogP contribution in [0.4, 0.5) is 4.39 Å². The Labute approximate surface area is 160 Å². The molecule has 1 aliphatic heterocycles. The molecule has 142 valence electrons. The van der Waals surface area contributed by atoms with Crippen LogP contribution in [-0.2, 0) is 22.7 Å². The second kappa shape index (κ2) is 7.66. The molecule has 0 unspecified atom stereocenters. The summed E-state index contributed by atoms with van der Waals surface area (Å²) < 4.78 is 31.2. The van der Waals surface area contributed by atoms with Crippen LogP contribution in [0.1, 0.15) is 33.5 Å². The van der Waals surface area contributed by atoms with Crippen molar-refractivity contribution in [2.45, 2.75) is 19.5 Å². The van der Waals surface area contributed by atoms with Crippen LogP contribution in [-0.4, -0.2) is 5.97 Å². The zero-order valence-corrected chi connectivity index (χ0v) is 14.7. The van der Waals surface area contributed by atoms with Gasteiger partial charge >= 0.3 is 11.7 Å². The number of fused-ring (bicyclic) bond motifs is 1. The Bertz CT molecular complexity index is 1010. The molecule has 0 radical (unpaired) electrons. The number of nitrogens with zero attached hydrogens (tertiary/aromatic N) is 1. The summed E-state index contributed by atoms with van der Waals surface area (Å²) in [5.41, 5.74) is 1.55. The predicted molar refractivity (Wildman–Crippen MR) is 95.5 cm³/mol. The van der Waals surface area contributed by atoms with Crippen LogP contribution in [0.2, 0.25) is 0 Å². The van der Waals surface area contributed by atoms with Gasteiger partial charge in [0.1, 0.15) is 18.2 Å². The minimum atomic E-state index is -0.805. The quantitative estimate of drug-likeness (QED) is 0.393. The van der Waals surface area contributed by atoms with Gasteiger partial charge in [0.25, 0.3) is 0 Å². The summed E-state index contributed by atoms with van der Waals surface area (Å²) in [6.07, 6.45) is 0.553. The number of hydrogen-bond donors (Lipinski definition) is 0. The maximum Gasteiger partial charge on any atom is 0.405 e. The van der Waals surface area contributed by atoms with Crippen LogP contribution in [0.5, 0.6) is 5.75 Å². The number of pyridine rings is 1. The lowest BCUT2D eigenvalue weighted by atomic mass is 10.1. The van der Waals surface area contributed by atoms with Crippen molar-refractivity contribution >= 4 is 5.97 Å². The molecule has 1 aliphatic rings. The van der Waals surface area contributed by atoms with Crippen LogP contribution in [0.3, 0.4) is 0 Å². The summed E-state index contributed by atoms with van der Waals surface area (Å²) in [4.78, 5) is 12.2. The first-order valence-electron chi connectivity index (χ1n) is 8.61. The van der Waals surface area contributed by atoms with E-state index in [-0.39, 0.29) is 18.9 Å². The van der Waals surface area contributed by atoms with Gasteiger partial charge in [-0.15, -0.1) is 0 Å². The first kappa shape index (κ1) is 17.9. The Morgan fingerprint density at radius 2 is 1.96 bits per heavy atom. The van der Waals surface area contributed by atoms with Gasteiger partial charge in [-0.05, 0) is 18.2 Å². The highest BCUT2D eigenvalue weighted by molar-refractivity contribution is 5.85. The minimum Gasteiger partial charge on any atom is -0.618 e. The Hall–Kier alpha value is -3.45. The highest BCUT2D eigenvalue weighted by Gasteiger charge is 2.26. The van der Waals surface area contributed by atoms with E-state index in [4.69, 9.17) is 14.2 Å². The summed E-state index contributed by atoms with van der Waals surface area (Å²) in [6.45, 7) is -0.0812. The average Bonchev–Trinajstić information content (AvgIpc) is 2.72. The lowest BCUT2D eigenvalue weighted by Crippen LogP contribution is -2.34. The van der Waals surface area contributed by atoms with E-state index in [0.29, 0.717) is 21.6 Å². The third kappa shape index (κ3) is 3.65. The van der Waals surface area contributed by atoms with Gasteiger partial charge in [-0.1, -0.05) is 30.3 Å². The van der Waals surface area contributed by atoms with Gasteiger partial charge in [-0.2, -0.15) is 4.73 Å². The fourth-order valence-corrected chi connectivity index (χ4v) is 2.96. The maximum atomic E-state index is 14.0. The molecular formula is C21H16FNO5. The molecule has 2 aromatic carbocycles. The molecule has 0 N–H and O–H groups in total. The highest BCUT2D eigenvalue weighted by atomic mass is 19.1. The zero-order valence-electron chi connectivity index (χ0n) is 14.7. The molecule has 28 heavy (non-hydrogen) atoms.